The Morgan fingerprint density at radius 1 is 1.24 bits per heavy atom. The average molecular weight is 391 g/mol. The maximum Gasteiger partial charge on any atom is 0.271 e. The van der Waals surface area contributed by atoms with Crippen LogP contribution in [0.15, 0.2) is 58.8 Å². The van der Waals surface area contributed by atoms with Crippen LogP contribution in [0.5, 0.6) is 0 Å². The van der Waals surface area contributed by atoms with E-state index in [0.717, 1.165) is 18.2 Å². The third kappa shape index (κ3) is 4.14. The van der Waals surface area contributed by atoms with Crippen molar-refractivity contribution in [3.63, 3.8) is 0 Å². The lowest BCUT2D eigenvalue weighted by molar-refractivity contribution is -0.384. The topological polar surface area (TPSA) is 143 Å². The van der Waals surface area contributed by atoms with Gasteiger partial charge in [0.05, 0.1) is 10.5 Å². The lowest BCUT2D eigenvalue weighted by Crippen LogP contribution is -2.03. The quantitative estimate of drug-likeness (QED) is 0.354. The van der Waals surface area contributed by atoms with E-state index >= 15 is 0 Å². The molecule has 0 amide bonds. The number of benzene rings is 2. The van der Waals surface area contributed by atoms with E-state index in [0.29, 0.717) is 11.3 Å². The Morgan fingerprint density at radius 2 is 1.97 bits per heavy atom. The van der Waals surface area contributed by atoms with Crippen LogP contribution in [0, 0.1) is 34.2 Å². The van der Waals surface area contributed by atoms with E-state index in [1.54, 1.807) is 19.1 Å². The number of nitro groups is 1. The van der Waals surface area contributed by atoms with Crippen LogP contribution in [-0.4, -0.2) is 9.91 Å². The van der Waals surface area contributed by atoms with Crippen molar-refractivity contribution in [2.75, 3.05) is 11.1 Å². The van der Waals surface area contributed by atoms with Gasteiger partial charge in [-0.15, -0.1) is 10.2 Å². The molecule has 0 atom stereocenters. The summed E-state index contributed by atoms with van der Waals surface area (Å²) in [6.07, 6.45) is 0. The van der Waals surface area contributed by atoms with Gasteiger partial charge >= 0.3 is 0 Å². The number of hydrogen-bond donors (Lipinski definition) is 2. The van der Waals surface area contributed by atoms with Crippen molar-refractivity contribution in [2.24, 2.45) is 10.2 Å². The molecule has 144 valence electrons. The first-order valence-electron chi connectivity index (χ1n) is 8.28. The molecule has 0 spiro atoms. The van der Waals surface area contributed by atoms with E-state index in [9.17, 15) is 19.8 Å². The Hall–Kier alpha value is -4.39. The first kappa shape index (κ1) is 19.4. The number of anilines is 3. The SMILES string of the molecule is Cc1c(C#N)c(Nc2ccccc2)nc(N)c1/N=N/c1cc([N+](=O)[O-])ccc1F. The summed E-state index contributed by atoms with van der Waals surface area (Å²) < 4.78 is 13.9. The number of para-hydroxylation sites is 1. The number of halogens is 1. The van der Waals surface area contributed by atoms with E-state index in [1.807, 2.05) is 24.3 Å². The number of nitriles is 1. The second-order valence-corrected chi connectivity index (χ2v) is 5.89. The van der Waals surface area contributed by atoms with Crippen LogP contribution in [0.2, 0.25) is 0 Å². The predicted octanol–water partition coefficient (Wildman–Crippen LogP) is 5.05. The van der Waals surface area contributed by atoms with E-state index in [1.165, 1.54) is 0 Å². The van der Waals surface area contributed by atoms with Gasteiger partial charge in [-0.2, -0.15) is 5.26 Å². The Labute approximate surface area is 164 Å². The maximum absolute atomic E-state index is 13.9. The second kappa shape index (κ2) is 8.10. The fraction of sp³-hybridized carbons (Fsp3) is 0.0526. The maximum atomic E-state index is 13.9. The molecule has 3 aromatic rings. The van der Waals surface area contributed by atoms with E-state index in [4.69, 9.17) is 5.73 Å². The molecular weight excluding hydrogens is 377 g/mol. The molecule has 10 heteroatoms. The standard InChI is InChI=1S/C19H14FN7O2/c1-11-14(10-21)19(23-12-5-3-2-4-6-12)24-18(22)17(11)26-25-16-9-13(27(28)29)7-8-15(16)20/h2-9H,1H3,(H3,22,23,24)/b26-25+. The van der Waals surface area contributed by atoms with Crippen LogP contribution in [0.4, 0.5) is 38.8 Å². The molecule has 0 unspecified atom stereocenters. The minimum absolute atomic E-state index is 0.0329. The Balaban J connectivity index is 2.01. The molecular formula is C19H14FN7O2. The van der Waals surface area contributed by atoms with Gasteiger partial charge in [0, 0.05) is 23.4 Å². The van der Waals surface area contributed by atoms with Crippen molar-refractivity contribution < 1.29 is 9.31 Å². The van der Waals surface area contributed by atoms with Gasteiger partial charge in [-0.25, -0.2) is 9.37 Å². The summed E-state index contributed by atoms with van der Waals surface area (Å²) in [6.45, 7) is 1.60. The summed E-state index contributed by atoms with van der Waals surface area (Å²) in [7, 11) is 0. The van der Waals surface area contributed by atoms with Crippen molar-refractivity contribution in [1.29, 1.82) is 5.26 Å². The molecule has 0 aliphatic heterocycles. The molecule has 0 aliphatic rings. The van der Waals surface area contributed by atoms with Crippen molar-refractivity contribution in [2.45, 2.75) is 6.92 Å². The lowest BCUT2D eigenvalue weighted by atomic mass is 10.1. The molecule has 9 nitrogen and oxygen atoms in total. The van der Waals surface area contributed by atoms with Gasteiger partial charge in [-0.3, -0.25) is 10.1 Å². The van der Waals surface area contributed by atoms with Gasteiger partial charge in [-0.1, -0.05) is 18.2 Å². The number of nitrogens with one attached hydrogen (secondary N) is 1. The van der Waals surface area contributed by atoms with E-state index in [2.05, 4.69) is 20.5 Å². The smallest absolute Gasteiger partial charge is 0.271 e. The van der Waals surface area contributed by atoms with Gasteiger partial charge in [0.2, 0.25) is 0 Å². The average Bonchev–Trinajstić information content (AvgIpc) is 2.69. The fourth-order valence-electron chi connectivity index (χ4n) is 2.52. The minimum atomic E-state index is -0.786. The Kier molecular flexibility index (Phi) is 5.41. The zero-order valence-corrected chi connectivity index (χ0v) is 15.1. The summed E-state index contributed by atoms with van der Waals surface area (Å²) in [4.78, 5) is 14.4. The zero-order chi connectivity index (χ0) is 21.0. The highest BCUT2D eigenvalue weighted by molar-refractivity contribution is 5.75. The highest BCUT2D eigenvalue weighted by atomic mass is 19.1. The highest BCUT2D eigenvalue weighted by Gasteiger charge is 2.17. The number of aromatic nitrogens is 1. The largest absolute Gasteiger partial charge is 0.382 e. The van der Waals surface area contributed by atoms with Crippen LogP contribution >= 0.6 is 0 Å². The van der Waals surface area contributed by atoms with Crippen molar-refractivity contribution >= 4 is 34.4 Å². The minimum Gasteiger partial charge on any atom is -0.382 e. The summed E-state index contributed by atoms with van der Waals surface area (Å²) >= 11 is 0. The monoisotopic (exact) mass is 391 g/mol. The van der Waals surface area contributed by atoms with Crippen LogP contribution in [0.3, 0.4) is 0 Å². The van der Waals surface area contributed by atoms with Crippen molar-refractivity contribution in [3.8, 4) is 6.07 Å². The number of rotatable bonds is 5. The summed E-state index contributed by atoms with van der Waals surface area (Å²) in [6, 6.07) is 14.0. The first-order chi connectivity index (χ1) is 13.9. The molecule has 0 saturated heterocycles. The summed E-state index contributed by atoms with van der Waals surface area (Å²) in [5.41, 5.74) is 6.66. The van der Waals surface area contributed by atoms with Crippen molar-refractivity contribution in [3.05, 3.63) is 75.6 Å². The third-order valence-electron chi connectivity index (χ3n) is 3.99. The molecule has 0 fully saturated rings. The number of nitro benzene ring substituents is 1. The summed E-state index contributed by atoms with van der Waals surface area (Å²) in [5, 5.41) is 31.0. The highest BCUT2D eigenvalue weighted by Crippen LogP contribution is 2.34. The van der Waals surface area contributed by atoms with Gasteiger partial charge < -0.3 is 11.1 Å². The van der Waals surface area contributed by atoms with Gasteiger partial charge in [0.15, 0.2) is 17.5 Å². The Morgan fingerprint density at radius 3 is 2.62 bits per heavy atom. The molecule has 1 heterocycles. The van der Waals surface area contributed by atoms with Crippen molar-refractivity contribution in [1.82, 2.24) is 4.98 Å². The number of nitrogens with zero attached hydrogens (tertiary/aromatic N) is 5. The molecule has 2 aromatic carbocycles. The van der Waals surface area contributed by atoms with Gasteiger partial charge in [0.25, 0.3) is 5.69 Å². The fourth-order valence-corrected chi connectivity index (χ4v) is 2.52. The Bertz CT molecular complexity index is 1160. The predicted molar refractivity (Wildman–Crippen MR) is 105 cm³/mol. The number of pyridine rings is 1. The summed E-state index contributed by atoms with van der Waals surface area (Å²) in [5.74, 6) is -0.574. The van der Waals surface area contributed by atoms with Crippen LogP contribution in [-0.2, 0) is 0 Å². The molecule has 0 bridgehead atoms. The number of non-ortho nitro benzene ring substituents is 1. The third-order valence-corrected chi connectivity index (χ3v) is 3.99. The van der Waals surface area contributed by atoms with Crippen LogP contribution in [0.25, 0.3) is 0 Å². The molecule has 29 heavy (non-hydrogen) atoms. The molecule has 1 aromatic heterocycles. The second-order valence-electron chi connectivity index (χ2n) is 5.89. The van der Waals surface area contributed by atoms with E-state index < -0.39 is 10.7 Å². The molecule has 3 N–H and O–H groups in total. The number of hydrogen-bond acceptors (Lipinski definition) is 8. The van der Waals surface area contributed by atoms with Crippen LogP contribution in [0.1, 0.15) is 11.1 Å². The number of azo groups is 1. The van der Waals surface area contributed by atoms with Crippen LogP contribution < -0.4 is 11.1 Å². The number of nitrogens with two attached hydrogens (primary N) is 1. The molecule has 0 saturated carbocycles. The molecule has 3 rings (SSSR count). The number of nitrogen functional groups attached to an aromatic ring is 1. The van der Waals surface area contributed by atoms with E-state index in [-0.39, 0.29) is 34.3 Å². The zero-order valence-electron chi connectivity index (χ0n) is 15.1. The van der Waals surface area contributed by atoms with Gasteiger partial charge in [-0.05, 0) is 25.1 Å². The first-order valence-corrected chi connectivity index (χ1v) is 8.28. The molecule has 0 aliphatic carbocycles. The van der Waals surface area contributed by atoms with Gasteiger partial charge in [0.1, 0.15) is 17.4 Å². The molecule has 0 radical (unpaired) electrons. The normalized spacial score (nSPS) is 10.7. The lowest BCUT2D eigenvalue weighted by Gasteiger charge is -2.12.